The molecule has 0 spiro atoms. The predicted octanol–water partition coefficient (Wildman–Crippen LogP) is 13.8. The van der Waals surface area contributed by atoms with Gasteiger partial charge in [0.1, 0.15) is 17.3 Å². The summed E-state index contributed by atoms with van der Waals surface area (Å²) >= 11 is 0. The van der Waals surface area contributed by atoms with Crippen molar-refractivity contribution in [2.45, 2.75) is 163 Å². The Hall–Kier alpha value is -4.21. The largest absolute Gasteiger partial charge is 2.00 e. The summed E-state index contributed by atoms with van der Waals surface area (Å²) in [6.45, 7) is 36.9. The molecule has 0 saturated carbocycles. The molecule has 0 radical (unpaired) electrons. The van der Waals surface area contributed by atoms with Crippen LogP contribution < -0.4 is 9.64 Å². The van der Waals surface area contributed by atoms with Gasteiger partial charge in [-0.1, -0.05) is 130 Å². The first-order chi connectivity index (χ1) is 28.5. The first-order valence-corrected chi connectivity index (χ1v) is 21.6. The molecule has 322 valence electrons. The maximum Gasteiger partial charge on any atom is 2.00 e. The van der Waals surface area contributed by atoms with E-state index in [-0.39, 0.29) is 42.7 Å². The summed E-state index contributed by atoms with van der Waals surface area (Å²) in [5, 5.41) is 0. The zero-order valence-corrected chi connectivity index (χ0v) is 41.7. The molecule has 4 aromatic carbocycles. The van der Waals surface area contributed by atoms with Gasteiger partial charge in [-0.15, -0.1) is 28.8 Å². The Balaban J connectivity index is 0.00000595. The van der Waals surface area contributed by atoms with Crippen LogP contribution >= 0.6 is 0 Å². The Bertz CT molecular complexity index is 2710. The molecule has 0 bridgehead atoms. The summed E-state index contributed by atoms with van der Waals surface area (Å²) < 4.78 is 33.5. The third-order valence-corrected chi connectivity index (χ3v) is 13.4. The molecule has 3 aliphatic rings. The van der Waals surface area contributed by atoms with Gasteiger partial charge >= 0.3 is 21.1 Å². The second-order valence-electron chi connectivity index (χ2n) is 21.8. The van der Waals surface area contributed by atoms with E-state index in [4.69, 9.17) is 19.5 Å². The number of nitrogens with zero attached hydrogens (tertiary/aromatic N) is 3. The van der Waals surface area contributed by atoms with Crippen LogP contribution in [0.4, 0.5) is 17.2 Å². The number of benzene rings is 4. The van der Waals surface area contributed by atoms with Crippen molar-refractivity contribution in [3.05, 3.63) is 140 Å². The van der Waals surface area contributed by atoms with Gasteiger partial charge in [-0.2, -0.15) is 6.07 Å². The quantitative estimate of drug-likeness (QED) is 0.168. The standard InChI is InChI=1S/C55H65N3O2.Pt/c1-32-18-19-44-42(22-32)53(14,15)43-24-33(2)46(29-45(43)58(44)47-28-38(20-21-56-47)50(5,6)7)59-40-26-36(25-39(27-40)51(8,9)10)49-57-54(16)30-37-23-34(3)48(52(11,12)13)35(4)41(37)31-55(54,17)60-49;/h18-25,27-28H,30-31H2,1-17H3;/q-2;+2/t54-,55-;/m0./s1/i30D2;. The number of fused-ring (bicyclic) bond motifs is 4. The molecule has 0 unspecified atom stereocenters. The van der Waals surface area contributed by atoms with E-state index in [0.29, 0.717) is 34.9 Å². The van der Waals surface area contributed by atoms with Gasteiger partial charge in [0, 0.05) is 38.9 Å². The van der Waals surface area contributed by atoms with Crippen molar-refractivity contribution in [2.75, 3.05) is 4.90 Å². The molecule has 8 rings (SSSR count). The summed E-state index contributed by atoms with van der Waals surface area (Å²) in [4.78, 5) is 12.4. The van der Waals surface area contributed by atoms with Crippen molar-refractivity contribution in [1.29, 1.82) is 0 Å². The number of aromatic nitrogens is 1. The Morgan fingerprint density at radius 1 is 0.770 bits per heavy atom. The molecule has 2 atom stereocenters. The second-order valence-corrected chi connectivity index (χ2v) is 21.8. The fourth-order valence-corrected chi connectivity index (χ4v) is 9.75. The molecule has 61 heavy (non-hydrogen) atoms. The SMILES string of the molecule is [2H]C1([2H])c2cc(C)c(C(C)(C)C)c(C)c2C[C@]2(C)OC(c3[c-]c(Oc4[c-]c5c(cc4C)C(C)(C)c4cc(C)ccc4N5c4cc(C(C)(C)C)ccn4)cc(C(C)(C)C)c3)=N[C@@]12C.[Pt+2]. The average Bonchev–Trinajstić information content (AvgIpc) is 3.44. The molecule has 0 amide bonds. The minimum absolute atomic E-state index is 0. The average molecular weight is 997 g/mol. The van der Waals surface area contributed by atoms with Gasteiger partial charge in [0.2, 0.25) is 0 Å². The second kappa shape index (κ2) is 14.7. The first kappa shape index (κ1) is 42.1. The van der Waals surface area contributed by atoms with Crippen LogP contribution in [0.2, 0.25) is 0 Å². The van der Waals surface area contributed by atoms with Crippen molar-refractivity contribution < 1.29 is 33.3 Å². The molecule has 6 heteroatoms. The van der Waals surface area contributed by atoms with Crippen LogP contribution in [0.25, 0.3) is 0 Å². The fraction of sp³-hybridized carbons (Fsp3) is 0.455. The monoisotopic (exact) mass is 996 g/mol. The van der Waals surface area contributed by atoms with Gasteiger partial charge in [-0.25, -0.2) is 4.98 Å². The van der Waals surface area contributed by atoms with Gasteiger partial charge in [0.05, 0.1) is 5.54 Å². The maximum absolute atomic E-state index is 9.80. The summed E-state index contributed by atoms with van der Waals surface area (Å²) in [5.74, 6) is 2.32. The van der Waals surface area contributed by atoms with Gasteiger partial charge in [0.15, 0.2) is 0 Å². The minimum Gasteiger partial charge on any atom is -0.511 e. The smallest absolute Gasteiger partial charge is 0.511 e. The van der Waals surface area contributed by atoms with Gasteiger partial charge in [-0.05, 0) is 113 Å². The van der Waals surface area contributed by atoms with E-state index in [9.17, 15) is 2.74 Å². The number of aliphatic imine (C=N–C) groups is 1. The van der Waals surface area contributed by atoms with Crippen LogP contribution in [0.1, 0.15) is 160 Å². The number of ether oxygens (including phenoxy) is 2. The Kier molecular flexibility index (Phi) is 10.1. The summed E-state index contributed by atoms with van der Waals surface area (Å²) in [5.41, 5.74) is 11.7. The molecule has 1 aliphatic carbocycles. The van der Waals surface area contributed by atoms with E-state index >= 15 is 0 Å². The third kappa shape index (κ3) is 7.59. The molecule has 1 aromatic heterocycles. The van der Waals surface area contributed by atoms with E-state index in [2.05, 4.69) is 169 Å². The van der Waals surface area contributed by atoms with Crippen LogP contribution in [-0.2, 0) is 60.3 Å². The number of hydrogen-bond acceptors (Lipinski definition) is 5. The van der Waals surface area contributed by atoms with Gasteiger partial charge in [-0.3, -0.25) is 4.99 Å². The van der Waals surface area contributed by atoms with Crippen LogP contribution in [0.5, 0.6) is 11.5 Å². The number of hydrogen-bond donors (Lipinski definition) is 0. The number of aryl methyl sites for hydroxylation is 3. The van der Waals surface area contributed by atoms with E-state index < -0.39 is 17.5 Å². The molecule has 5 nitrogen and oxygen atoms in total. The van der Waals surface area contributed by atoms with Gasteiger partial charge < -0.3 is 14.4 Å². The molecule has 2 aliphatic heterocycles. The van der Waals surface area contributed by atoms with Gasteiger partial charge in [0.25, 0.3) is 0 Å². The van der Waals surface area contributed by atoms with E-state index in [0.717, 1.165) is 50.6 Å². The fourth-order valence-electron chi connectivity index (χ4n) is 9.75. The van der Waals surface area contributed by atoms with Crippen molar-refractivity contribution in [1.82, 2.24) is 4.98 Å². The molecule has 0 saturated heterocycles. The van der Waals surface area contributed by atoms with Crippen LogP contribution in [-0.4, -0.2) is 22.0 Å². The van der Waals surface area contributed by atoms with E-state index in [1.807, 2.05) is 26.1 Å². The topological polar surface area (TPSA) is 47.0 Å². The number of pyridine rings is 1. The molecular formula is C55H65N3O2Pt. The summed E-state index contributed by atoms with van der Waals surface area (Å²) in [6.07, 6.45) is 0.635. The van der Waals surface area contributed by atoms with Crippen LogP contribution in [0, 0.1) is 39.8 Å². The molecule has 5 aromatic rings. The zero-order chi connectivity index (χ0) is 45.5. The molecular weight excluding hydrogens is 930 g/mol. The Morgan fingerprint density at radius 3 is 2.11 bits per heavy atom. The van der Waals surface area contributed by atoms with Crippen molar-refractivity contribution in [3.63, 3.8) is 0 Å². The normalized spacial score (nSPS) is 21.7. The summed E-state index contributed by atoms with van der Waals surface area (Å²) in [7, 11) is 0. The zero-order valence-electron chi connectivity index (χ0n) is 41.5. The summed E-state index contributed by atoms with van der Waals surface area (Å²) in [6, 6.07) is 26.7. The van der Waals surface area contributed by atoms with Crippen molar-refractivity contribution >= 4 is 23.1 Å². The van der Waals surface area contributed by atoms with Crippen molar-refractivity contribution in [2.24, 2.45) is 4.99 Å². The molecule has 0 fully saturated rings. The number of rotatable bonds is 4. The molecule has 0 N–H and O–H groups in total. The maximum atomic E-state index is 9.80. The van der Waals surface area contributed by atoms with E-state index in [1.54, 1.807) is 0 Å². The first-order valence-electron chi connectivity index (χ1n) is 22.6. The molecule has 3 heterocycles. The van der Waals surface area contributed by atoms with Crippen LogP contribution in [0.3, 0.4) is 0 Å². The van der Waals surface area contributed by atoms with Crippen LogP contribution in [0.15, 0.2) is 65.8 Å². The minimum atomic E-state index is -1.81. The van der Waals surface area contributed by atoms with E-state index in [1.165, 1.54) is 22.3 Å². The Morgan fingerprint density at radius 2 is 1.46 bits per heavy atom. The van der Waals surface area contributed by atoms with Crippen molar-refractivity contribution in [3.8, 4) is 11.5 Å². The number of anilines is 3. The Labute approximate surface area is 383 Å². The predicted molar refractivity (Wildman–Crippen MR) is 249 cm³/mol. The third-order valence-electron chi connectivity index (χ3n) is 13.4.